The van der Waals surface area contributed by atoms with Gasteiger partial charge in [0.05, 0.1) is 11.8 Å². The fraction of sp³-hybridized carbons (Fsp3) is 0.240. The molecule has 7 nitrogen and oxygen atoms in total. The summed E-state index contributed by atoms with van der Waals surface area (Å²) in [7, 11) is 0. The van der Waals surface area contributed by atoms with E-state index in [9.17, 15) is 20.1 Å². The molecule has 2 atom stereocenters. The normalized spacial score (nSPS) is 13.3. The van der Waals surface area contributed by atoms with Crippen LogP contribution in [0.15, 0.2) is 72.8 Å². The van der Waals surface area contributed by atoms with E-state index in [0.717, 1.165) is 16.8 Å². The lowest BCUT2D eigenvalue weighted by atomic mass is 9.87. The van der Waals surface area contributed by atoms with Crippen molar-refractivity contribution in [3.05, 3.63) is 89.5 Å². The maximum absolute atomic E-state index is 11.1. The van der Waals surface area contributed by atoms with Crippen LogP contribution in [0.1, 0.15) is 29.2 Å². The Morgan fingerprint density at radius 3 is 2.36 bits per heavy atom. The minimum atomic E-state index is -1.30. The van der Waals surface area contributed by atoms with Crippen molar-refractivity contribution in [2.45, 2.75) is 24.5 Å². The number of benzene rings is 3. The van der Waals surface area contributed by atoms with Crippen molar-refractivity contribution >= 4 is 30.2 Å². The Hall–Kier alpha value is -3.10. The standard InChI is InChI=1S/C25H29N3O4.ClH/c26-16-25(32,20-8-11-23(30)22(14-20)28-17-29)13-12-18-6-9-21(10-7-18)27-15-24(31)19-4-2-1-3-5-19;/h1-11,14,17,24,27,30-32H,12-13,15-16,26H2,(H,28,29);1H/t24-,25-;/m0./s1. The van der Waals surface area contributed by atoms with Crippen LogP contribution in [0.4, 0.5) is 11.4 Å². The zero-order valence-electron chi connectivity index (χ0n) is 18.1. The molecule has 0 aromatic heterocycles. The number of anilines is 2. The van der Waals surface area contributed by atoms with Gasteiger partial charge in [-0.15, -0.1) is 12.4 Å². The quantitative estimate of drug-likeness (QED) is 0.188. The summed E-state index contributed by atoms with van der Waals surface area (Å²) in [5.74, 6) is -0.0827. The summed E-state index contributed by atoms with van der Waals surface area (Å²) >= 11 is 0. The van der Waals surface area contributed by atoms with Crippen molar-refractivity contribution in [2.75, 3.05) is 23.7 Å². The number of nitrogens with two attached hydrogens (primary N) is 1. The number of aliphatic hydroxyl groups excluding tert-OH is 1. The molecule has 0 unspecified atom stereocenters. The van der Waals surface area contributed by atoms with E-state index in [-0.39, 0.29) is 30.4 Å². The van der Waals surface area contributed by atoms with Gasteiger partial charge in [0.2, 0.25) is 6.41 Å². The lowest BCUT2D eigenvalue weighted by Gasteiger charge is -2.28. The summed E-state index contributed by atoms with van der Waals surface area (Å²) in [5, 5.41) is 36.8. The fourth-order valence-electron chi connectivity index (χ4n) is 3.52. The first kappa shape index (κ1) is 26.2. The van der Waals surface area contributed by atoms with Gasteiger partial charge >= 0.3 is 0 Å². The monoisotopic (exact) mass is 471 g/mol. The maximum Gasteiger partial charge on any atom is 0.211 e. The zero-order chi connectivity index (χ0) is 23.0. The van der Waals surface area contributed by atoms with Crippen LogP contribution in [0.3, 0.4) is 0 Å². The van der Waals surface area contributed by atoms with Crippen LogP contribution in [0, 0.1) is 0 Å². The molecule has 1 amide bonds. The highest BCUT2D eigenvalue weighted by molar-refractivity contribution is 5.85. The molecule has 0 aliphatic heterocycles. The highest BCUT2D eigenvalue weighted by Crippen LogP contribution is 2.32. The second kappa shape index (κ2) is 12.2. The first-order valence-electron chi connectivity index (χ1n) is 10.5. The Morgan fingerprint density at radius 1 is 1.03 bits per heavy atom. The van der Waals surface area contributed by atoms with E-state index in [4.69, 9.17) is 5.73 Å². The van der Waals surface area contributed by atoms with Crippen LogP contribution < -0.4 is 16.4 Å². The second-order valence-corrected chi connectivity index (χ2v) is 7.73. The van der Waals surface area contributed by atoms with E-state index in [1.165, 1.54) is 12.1 Å². The fourth-order valence-corrected chi connectivity index (χ4v) is 3.52. The third kappa shape index (κ3) is 6.94. The minimum absolute atomic E-state index is 0. The van der Waals surface area contributed by atoms with Gasteiger partial charge in [-0.1, -0.05) is 48.5 Å². The predicted octanol–water partition coefficient (Wildman–Crippen LogP) is 3.31. The van der Waals surface area contributed by atoms with Crippen LogP contribution in [0.25, 0.3) is 0 Å². The van der Waals surface area contributed by atoms with Gasteiger partial charge < -0.3 is 31.7 Å². The second-order valence-electron chi connectivity index (χ2n) is 7.73. The number of aliphatic hydroxyl groups is 2. The Labute approximate surface area is 199 Å². The zero-order valence-corrected chi connectivity index (χ0v) is 19.0. The number of nitrogens with one attached hydrogen (secondary N) is 2. The molecular weight excluding hydrogens is 442 g/mol. The number of aryl methyl sites for hydroxylation is 1. The number of hydrogen-bond acceptors (Lipinski definition) is 6. The Bertz CT molecular complexity index is 1020. The van der Waals surface area contributed by atoms with Gasteiger partial charge in [-0.2, -0.15) is 0 Å². The van der Waals surface area contributed by atoms with Gasteiger partial charge in [0.25, 0.3) is 0 Å². The largest absolute Gasteiger partial charge is 0.506 e. The molecular formula is C25H30ClN3O4. The molecule has 3 aromatic rings. The van der Waals surface area contributed by atoms with Crippen molar-refractivity contribution < 1.29 is 20.1 Å². The number of aromatic hydroxyl groups is 1. The van der Waals surface area contributed by atoms with Crippen molar-refractivity contribution in [1.29, 1.82) is 0 Å². The van der Waals surface area contributed by atoms with E-state index in [0.29, 0.717) is 31.4 Å². The molecule has 33 heavy (non-hydrogen) atoms. The van der Waals surface area contributed by atoms with Crippen molar-refractivity contribution in [1.82, 2.24) is 0 Å². The average molecular weight is 472 g/mol. The molecule has 3 aromatic carbocycles. The first-order chi connectivity index (χ1) is 15.4. The van der Waals surface area contributed by atoms with Gasteiger partial charge in [-0.3, -0.25) is 4.79 Å². The van der Waals surface area contributed by atoms with Crippen LogP contribution in [-0.4, -0.2) is 34.8 Å². The average Bonchev–Trinajstić information content (AvgIpc) is 2.83. The summed E-state index contributed by atoms with van der Waals surface area (Å²) in [6, 6.07) is 21.8. The Kier molecular flexibility index (Phi) is 9.69. The van der Waals surface area contributed by atoms with Crippen LogP contribution in [-0.2, 0) is 16.8 Å². The number of amides is 1. The van der Waals surface area contributed by atoms with Crippen LogP contribution in [0.5, 0.6) is 5.75 Å². The molecule has 3 rings (SSSR count). The van der Waals surface area contributed by atoms with Gasteiger partial charge in [0.15, 0.2) is 0 Å². The molecule has 0 saturated heterocycles. The molecule has 0 heterocycles. The van der Waals surface area contributed by atoms with E-state index in [1.807, 2.05) is 54.6 Å². The van der Waals surface area contributed by atoms with Crippen molar-refractivity contribution in [3.63, 3.8) is 0 Å². The molecule has 176 valence electrons. The summed E-state index contributed by atoms with van der Waals surface area (Å²) < 4.78 is 0. The van der Waals surface area contributed by atoms with E-state index < -0.39 is 11.7 Å². The molecule has 0 spiro atoms. The summed E-state index contributed by atoms with van der Waals surface area (Å²) in [5.41, 5.74) is 8.08. The number of phenols is 1. The third-order valence-corrected chi connectivity index (χ3v) is 5.55. The molecule has 0 radical (unpaired) electrons. The summed E-state index contributed by atoms with van der Waals surface area (Å²) in [6.07, 6.45) is 0.820. The molecule has 7 N–H and O–H groups in total. The molecule has 0 aliphatic carbocycles. The lowest BCUT2D eigenvalue weighted by Crippen LogP contribution is -2.35. The minimum Gasteiger partial charge on any atom is -0.506 e. The number of halogens is 1. The molecule has 0 bridgehead atoms. The number of hydrogen-bond donors (Lipinski definition) is 6. The van der Waals surface area contributed by atoms with Gasteiger partial charge in [0.1, 0.15) is 11.4 Å². The molecule has 0 aliphatic rings. The maximum atomic E-state index is 11.1. The van der Waals surface area contributed by atoms with Gasteiger partial charge in [-0.25, -0.2) is 0 Å². The molecule has 8 heteroatoms. The SMILES string of the molecule is Cl.NC[C@@](O)(CCc1ccc(NC[C@H](O)c2ccccc2)cc1)c1ccc(O)c(NC=O)c1. The van der Waals surface area contributed by atoms with Gasteiger partial charge in [0, 0.05) is 18.8 Å². The molecule has 0 saturated carbocycles. The first-order valence-corrected chi connectivity index (χ1v) is 10.5. The Balaban J connectivity index is 0.00000385. The highest BCUT2D eigenvalue weighted by Gasteiger charge is 2.28. The third-order valence-electron chi connectivity index (χ3n) is 5.55. The van der Waals surface area contributed by atoms with Crippen LogP contribution in [0.2, 0.25) is 0 Å². The lowest BCUT2D eigenvalue weighted by molar-refractivity contribution is -0.105. The number of carbonyl (C=O) groups excluding carboxylic acids is 1. The topological polar surface area (TPSA) is 128 Å². The van der Waals surface area contributed by atoms with Crippen LogP contribution >= 0.6 is 12.4 Å². The predicted molar refractivity (Wildman–Crippen MR) is 133 cm³/mol. The Morgan fingerprint density at radius 2 is 1.73 bits per heavy atom. The summed E-state index contributed by atoms with van der Waals surface area (Å²) in [6.45, 7) is 0.392. The van der Waals surface area contributed by atoms with Crippen molar-refractivity contribution in [3.8, 4) is 5.75 Å². The van der Waals surface area contributed by atoms with E-state index in [2.05, 4.69) is 10.6 Å². The smallest absolute Gasteiger partial charge is 0.211 e. The van der Waals surface area contributed by atoms with Gasteiger partial charge in [-0.05, 0) is 53.8 Å². The molecule has 0 fully saturated rings. The number of phenolic OH excluding ortho intramolecular Hbond substituents is 1. The van der Waals surface area contributed by atoms with Crippen molar-refractivity contribution in [2.24, 2.45) is 5.73 Å². The number of rotatable bonds is 11. The number of carbonyl (C=O) groups is 1. The van der Waals surface area contributed by atoms with E-state index in [1.54, 1.807) is 6.07 Å². The van der Waals surface area contributed by atoms with E-state index >= 15 is 0 Å². The summed E-state index contributed by atoms with van der Waals surface area (Å²) in [4.78, 5) is 10.7. The highest BCUT2D eigenvalue weighted by atomic mass is 35.5.